The van der Waals surface area contributed by atoms with Gasteiger partial charge in [-0.2, -0.15) is 0 Å². The molecule has 25 heavy (non-hydrogen) atoms. The highest BCUT2D eigenvalue weighted by atomic mass is 127. The van der Waals surface area contributed by atoms with Gasteiger partial charge in [0.2, 0.25) is 5.91 Å². The summed E-state index contributed by atoms with van der Waals surface area (Å²) in [6, 6.07) is 0. The van der Waals surface area contributed by atoms with Gasteiger partial charge in [-0.1, -0.05) is 13.8 Å². The number of aliphatic imine (C=N–C) groups is 1. The number of unbranched alkanes of at least 4 members (excludes halogenated alkanes) is 1. The van der Waals surface area contributed by atoms with Crippen LogP contribution in [0.1, 0.15) is 52.4 Å². The lowest BCUT2D eigenvalue weighted by atomic mass is 9.96. The van der Waals surface area contributed by atoms with Crippen LogP contribution in [0, 0.1) is 11.8 Å². The van der Waals surface area contributed by atoms with E-state index in [4.69, 9.17) is 5.73 Å². The number of nitrogens with one attached hydrogen (secondary N) is 2. The van der Waals surface area contributed by atoms with Crippen molar-refractivity contribution in [1.82, 2.24) is 15.5 Å². The molecule has 0 unspecified atom stereocenters. The number of hydrogen-bond donors (Lipinski definition) is 3. The van der Waals surface area contributed by atoms with Crippen molar-refractivity contribution in [1.29, 1.82) is 0 Å². The van der Waals surface area contributed by atoms with E-state index < -0.39 is 0 Å². The average molecular weight is 467 g/mol. The fourth-order valence-corrected chi connectivity index (χ4v) is 3.05. The minimum Gasteiger partial charge on any atom is -0.369 e. The molecular formula is C18H38IN5O. The van der Waals surface area contributed by atoms with Gasteiger partial charge in [0.05, 0.1) is 0 Å². The van der Waals surface area contributed by atoms with Crippen LogP contribution in [0.2, 0.25) is 0 Å². The Bertz CT molecular complexity index is 382. The second-order valence-electron chi connectivity index (χ2n) is 7.19. The van der Waals surface area contributed by atoms with Crippen LogP contribution in [0.3, 0.4) is 0 Å². The second kappa shape index (κ2) is 14.6. The SMILES string of the molecule is CN=C(NCCCCN1CCC(C(N)=O)CC1)NCCCC(C)C.I. The molecule has 1 aliphatic rings. The number of hydrogen-bond acceptors (Lipinski definition) is 3. The van der Waals surface area contributed by atoms with E-state index in [1.807, 2.05) is 7.05 Å². The van der Waals surface area contributed by atoms with Crippen LogP contribution in [0.25, 0.3) is 0 Å². The summed E-state index contributed by atoms with van der Waals surface area (Å²) in [6.07, 6.45) is 6.55. The molecule has 0 aromatic heterocycles. The van der Waals surface area contributed by atoms with Gasteiger partial charge >= 0.3 is 0 Å². The maximum absolute atomic E-state index is 11.2. The number of primary amides is 1. The Labute approximate surface area is 170 Å². The third-order valence-corrected chi connectivity index (χ3v) is 4.66. The highest BCUT2D eigenvalue weighted by molar-refractivity contribution is 14.0. The Kier molecular flexibility index (Phi) is 14.3. The number of amides is 1. The molecule has 7 heteroatoms. The van der Waals surface area contributed by atoms with Crippen molar-refractivity contribution >= 4 is 35.8 Å². The van der Waals surface area contributed by atoms with Crippen molar-refractivity contribution in [3.8, 4) is 0 Å². The lowest BCUT2D eigenvalue weighted by molar-refractivity contribution is -0.123. The zero-order valence-electron chi connectivity index (χ0n) is 16.2. The fourth-order valence-electron chi connectivity index (χ4n) is 3.05. The number of nitrogens with two attached hydrogens (primary N) is 1. The smallest absolute Gasteiger partial charge is 0.220 e. The molecule has 1 saturated heterocycles. The second-order valence-corrected chi connectivity index (χ2v) is 7.19. The van der Waals surface area contributed by atoms with E-state index in [9.17, 15) is 4.79 Å². The van der Waals surface area contributed by atoms with Crippen LogP contribution in [0.5, 0.6) is 0 Å². The largest absolute Gasteiger partial charge is 0.369 e. The molecule has 0 saturated carbocycles. The standard InChI is InChI=1S/C18H37N5O.HI/c1-15(2)7-6-11-22-18(20-3)21-10-4-5-12-23-13-8-16(9-14-23)17(19)24;/h15-16H,4-14H2,1-3H3,(H2,19,24)(H2,20,21,22);1H. The zero-order chi connectivity index (χ0) is 17.8. The van der Waals surface area contributed by atoms with Crippen LogP contribution < -0.4 is 16.4 Å². The summed E-state index contributed by atoms with van der Waals surface area (Å²) in [5, 5.41) is 6.74. The number of nitrogens with zero attached hydrogens (tertiary/aromatic N) is 2. The number of carbonyl (C=O) groups excluding carboxylic acids is 1. The normalized spacial score (nSPS) is 16.6. The quantitative estimate of drug-likeness (QED) is 0.199. The number of halogens is 1. The van der Waals surface area contributed by atoms with Gasteiger partial charge in [-0.3, -0.25) is 9.79 Å². The summed E-state index contributed by atoms with van der Waals surface area (Å²) >= 11 is 0. The van der Waals surface area contributed by atoms with Gasteiger partial charge in [0.25, 0.3) is 0 Å². The summed E-state index contributed by atoms with van der Waals surface area (Å²) in [7, 11) is 1.82. The lowest BCUT2D eigenvalue weighted by Gasteiger charge is -2.30. The van der Waals surface area contributed by atoms with Crippen molar-refractivity contribution in [2.45, 2.75) is 52.4 Å². The molecule has 1 fully saturated rings. The third kappa shape index (κ3) is 11.6. The van der Waals surface area contributed by atoms with E-state index in [0.29, 0.717) is 0 Å². The van der Waals surface area contributed by atoms with Gasteiger partial charge in [0, 0.05) is 26.1 Å². The molecule has 0 aromatic carbocycles. The topological polar surface area (TPSA) is 82.8 Å². The molecule has 0 atom stereocenters. The number of rotatable bonds is 10. The van der Waals surface area contributed by atoms with Gasteiger partial charge < -0.3 is 21.3 Å². The van der Waals surface area contributed by atoms with Crippen LogP contribution >= 0.6 is 24.0 Å². The van der Waals surface area contributed by atoms with E-state index >= 15 is 0 Å². The van der Waals surface area contributed by atoms with Crippen LogP contribution in [-0.4, -0.2) is 56.5 Å². The van der Waals surface area contributed by atoms with E-state index in [0.717, 1.165) is 63.9 Å². The summed E-state index contributed by atoms with van der Waals surface area (Å²) in [4.78, 5) is 17.9. The number of guanidine groups is 1. The van der Waals surface area contributed by atoms with E-state index in [2.05, 4.69) is 34.4 Å². The third-order valence-electron chi connectivity index (χ3n) is 4.66. The van der Waals surface area contributed by atoms with Crippen molar-refractivity contribution in [2.24, 2.45) is 22.6 Å². The van der Waals surface area contributed by atoms with Gasteiger partial charge in [-0.15, -0.1) is 24.0 Å². The van der Waals surface area contributed by atoms with E-state index in [1.165, 1.54) is 19.3 Å². The minimum atomic E-state index is -0.133. The van der Waals surface area contributed by atoms with Crippen LogP contribution in [-0.2, 0) is 4.79 Å². The van der Waals surface area contributed by atoms with Crippen LogP contribution in [0.15, 0.2) is 4.99 Å². The van der Waals surface area contributed by atoms with Gasteiger partial charge in [-0.25, -0.2) is 0 Å². The monoisotopic (exact) mass is 467 g/mol. The molecule has 1 aliphatic heterocycles. The van der Waals surface area contributed by atoms with Gasteiger partial charge in [0.15, 0.2) is 5.96 Å². The first-order valence-corrected chi connectivity index (χ1v) is 9.49. The fraction of sp³-hybridized carbons (Fsp3) is 0.889. The van der Waals surface area contributed by atoms with Crippen molar-refractivity contribution in [2.75, 3.05) is 39.8 Å². The zero-order valence-corrected chi connectivity index (χ0v) is 18.6. The lowest BCUT2D eigenvalue weighted by Crippen LogP contribution is -2.40. The Morgan fingerprint density at radius 1 is 1.16 bits per heavy atom. The Morgan fingerprint density at radius 2 is 1.76 bits per heavy atom. The molecule has 0 bridgehead atoms. The Balaban J connectivity index is 0.00000576. The average Bonchev–Trinajstić information content (AvgIpc) is 2.56. The summed E-state index contributed by atoms with van der Waals surface area (Å²) in [5.74, 6) is 1.62. The molecule has 0 radical (unpaired) electrons. The van der Waals surface area contributed by atoms with Gasteiger partial charge in [-0.05, 0) is 64.1 Å². The maximum atomic E-state index is 11.2. The van der Waals surface area contributed by atoms with Crippen LogP contribution in [0.4, 0.5) is 0 Å². The number of piperidine rings is 1. The first kappa shape index (κ1) is 24.4. The van der Waals surface area contributed by atoms with Crippen molar-refractivity contribution in [3.63, 3.8) is 0 Å². The summed E-state index contributed by atoms with van der Waals surface area (Å²) in [5.41, 5.74) is 5.37. The minimum absolute atomic E-state index is 0. The van der Waals surface area contributed by atoms with Crippen molar-refractivity contribution in [3.05, 3.63) is 0 Å². The highest BCUT2D eigenvalue weighted by Gasteiger charge is 2.22. The molecule has 1 rings (SSSR count). The molecule has 0 aliphatic carbocycles. The number of carbonyl (C=O) groups is 1. The van der Waals surface area contributed by atoms with Crippen molar-refractivity contribution < 1.29 is 4.79 Å². The molecular weight excluding hydrogens is 429 g/mol. The van der Waals surface area contributed by atoms with E-state index in [-0.39, 0.29) is 35.8 Å². The highest BCUT2D eigenvalue weighted by Crippen LogP contribution is 2.16. The molecule has 0 spiro atoms. The first-order chi connectivity index (χ1) is 11.5. The van der Waals surface area contributed by atoms with E-state index in [1.54, 1.807) is 0 Å². The van der Waals surface area contributed by atoms with Gasteiger partial charge in [0.1, 0.15) is 0 Å². The molecule has 6 nitrogen and oxygen atoms in total. The molecule has 1 amide bonds. The molecule has 4 N–H and O–H groups in total. The molecule has 148 valence electrons. The Morgan fingerprint density at radius 3 is 2.28 bits per heavy atom. The molecule has 0 aromatic rings. The Hall–Kier alpha value is -0.570. The molecule has 1 heterocycles. The number of likely N-dealkylation sites (tertiary alicyclic amines) is 1. The predicted octanol–water partition coefficient (Wildman–Crippen LogP) is 2.18. The summed E-state index contributed by atoms with van der Waals surface area (Å²) < 4.78 is 0. The summed E-state index contributed by atoms with van der Waals surface area (Å²) in [6.45, 7) is 9.54. The maximum Gasteiger partial charge on any atom is 0.220 e. The predicted molar refractivity (Wildman–Crippen MR) is 116 cm³/mol. The first-order valence-electron chi connectivity index (χ1n) is 9.49.